The lowest BCUT2D eigenvalue weighted by Crippen LogP contribution is -2.51. The molecule has 7 nitrogen and oxygen atoms in total. The van der Waals surface area contributed by atoms with Crippen molar-refractivity contribution in [2.75, 3.05) is 25.4 Å². The molecule has 9 heteroatoms. The highest BCUT2D eigenvalue weighted by Crippen LogP contribution is 2.36. The maximum absolute atomic E-state index is 12.8. The van der Waals surface area contributed by atoms with Crippen molar-refractivity contribution >= 4 is 36.7 Å². The zero-order valence-electron chi connectivity index (χ0n) is 20.6. The van der Waals surface area contributed by atoms with Crippen LogP contribution in [-0.4, -0.2) is 43.0 Å². The second-order valence-corrected chi connectivity index (χ2v) is 12.5. The Morgan fingerprint density at radius 3 is 2.41 bits per heavy atom. The van der Waals surface area contributed by atoms with E-state index in [4.69, 9.17) is 5.73 Å². The summed E-state index contributed by atoms with van der Waals surface area (Å²) >= 11 is 1.38. The highest BCUT2D eigenvalue weighted by Gasteiger charge is 2.38. The molecule has 2 heterocycles. The minimum absolute atomic E-state index is 0.0978. The molecule has 1 fully saturated rings. The van der Waals surface area contributed by atoms with Crippen LogP contribution in [0.5, 0.6) is 0 Å². The number of aromatic nitrogens is 1. The number of thiazole rings is 1. The average molecular weight is 537 g/mol. The quantitative estimate of drug-likeness (QED) is 0.294. The summed E-state index contributed by atoms with van der Waals surface area (Å²) < 4.78 is 29.2. The van der Waals surface area contributed by atoms with Crippen LogP contribution in [0.1, 0.15) is 30.4 Å². The molecule has 1 aromatic heterocycles. The maximum atomic E-state index is 12.8. The Morgan fingerprint density at radius 1 is 1.03 bits per heavy atom. The number of anilines is 1. The molecule has 0 bridgehead atoms. The third kappa shape index (κ3) is 5.86. The fraction of sp³-hybridized carbons (Fsp3) is 0.321. The molecule has 0 aliphatic carbocycles. The summed E-state index contributed by atoms with van der Waals surface area (Å²) in [5.74, 6) is 0.545. The molecule has 5 rings (SSSR count). The van der Waals surface area contributed by atoms with Crippen molar-refractivity contribution in [3.05, 3.63) is 90.0 Å². The van der Waals surface area contributed by atoms with E-state index in [9.17, 15) is 13.5 Å². The zero-order chi connectivity index (χ0) is 25.9. The number of hydrogen-bond donors (Lipinski definition) is 3. The van der Waals surface area contributed by atoms with E-state index in [1.807, 2.05) is 24.3 Å². The van der Waals surface area contributed by atoms with Gasteiger partial charge < -0.3 is 10.8 Å². The fourth-order valence-electron chi connectivity index (χ4n) is 5.17. The van der Waals surface area contributed by atoms with E-state index in [2.05, 4.69) is 38.9 Å². The van der Waals surface area contributed by atoms with Crippen LogP contribution in [0.4, 0.5) is 5.13 Å². The number of benzene rings is 3. The first kappa shape index (κ1) is 25.8. The van der Waals surface area contributed by atoms with E-state index in [-0.39, 0.29) is 17.9 Å². The third-order valence-corrected chi connectivity index (χ3v) is 9.52. The van der Waals surface area contributed by atoms with Gasteiger partial charge in [-0.25, -0.2) is 18.1 Å². The Hall–Kier alpha value is -2.82. The highest BCUT2D eigenvalue weighted by molar-refractivity contribution is 7.89. The van der Waals surface area contributed by atoms with Gasteiger partial charge >= 0.3 is 0 Å². The Kier molecular flexibility index (Phi) is 7.60. The molecule has 0 radical (unpaired) electrons. The number of nitrogens with zero attached hydrogens (tertiary/aromatic N) is 2. The van der Waals surface area contributed by atoms with E-state index in [0.29, 0.717) is 11.0 Å². The van der Waals surface area contributed by atoms with Crippen LogP contribution in [0.15, 0.2) is 83.8 Å². The van der Waals surface area contributed by atoms with E-state index < -0.39 is 15.7 Å². The van der Waals surface area contributed by atoms with Crippen molar-refractivity contribution in [2.24, 2.45) is 5.92 Å². The average Bonchev–Trinajstić information content (AvgIpc) is 3.29. The van der Waals surface area contributed by atoms with Gasteiger partial charge in [0.1, 0.15) is 5.72 Å². The lowest BCUT2D eigenvalue weighted by Gasteiger charge is -2.44. The van der Waals surface area contributed by atoms with Crippen molar-refractivity contribution in [2.45, 2.75) is 36.3 Å². The zero-order valence-corrected chi connectivity index (χ0v) is 22.2. The van der Waals surface area contributed by atoms with Gasteiger partial charge in [-0.3, -0.25) is 4.90 Å². The highest BCUT2D eigenvalue weighted by atomic mass is 32.2. The molecule has 1 saturated heterocycles. The normalized spacial score (nSPS) is 17.1. The van der Waals surface area contributed by atoms with E-state index >= 15 is 0 Å². The number of nitrogens with two attached hydrogens (primary N) is 1. The molecule has 194 valence electrons. The predicted molar refractivity (Wildman–Crippen MR) is 149 cm³/mol. The molecule has 0 saturated carbocycles. The summed E-state index contributed by atoms with van der Waals surface area (Å²) in [6.45, 7) is 1.55. The number of nitrogens with one attached hydrogen (secondary N) is 1. The second kappa shape index (κ2) is 10.9. The number of nitrogen functional groups attached to an aromatic ring is 1. The van der Waals surface area contributed by atoms with Crippen LogP contribution in [0.2, 0.25) is 0 Å². The number of rotatable bonds is 9. The standard InChI is InChI=1S/C28H32N4O3S2/c29-27-31-25-12-11-23(20-26(25)36-27)28(33,15-16-30-37(34,35)24-9-5-2-6-10-24)32-17-13-22(14-18-32)19-21-7-3-1-4-8-21/h1-12,20,22,30,33H,13-19H2,(H2,29,31). The van der Waals surface area contributed by atoms with Gasteiger partial charge in [-0.1, -0.05) is 65.9 Å². The molecule has 3 aromatic carbocycles. The van der Waals surface area contributed by atoms with Gasteiger partial charge in [-0.05, 0) is 55.0 Å². The van der Waals surface area contributed by atoms with E-state index in [0.717, 1.165) is 48.1 Å². The summed E-state index contributed by atoms with van der Waals surface area (Å²) in [6, 6.07) is 24.5. The summed E-state index contributed by atoms with van der Waals surface area (Å²) in [5.41, 5.74) is 7.43. The van der Waals surface area contributed by atoms with Gasteiger partial charge in [-0.2, -0.15) is 0 Å². The molecular weight excluding hydrogens is 504 g/mol. The van der Waals surface area contributed by atoms with Crippen molar-refractivity contribution in [3.8, 4) is 0 Å². The molecule has 0 spiro atoms. The monoisotopic (exact) mass is 536 g/mol. The number of fused-ring (bicyclic) bond motifs is 1. The SMILES string of the molecule is Nc1nc2ccc(C(O)(CCNS(=O)(=O)c3ccccc3)N3CCC(Cc4ccccc4)CC3)cc2s1. The predicted octanol–water partition coefficient (Wildman–Crippen LogP) is 4.35. The van der Waals surface area contributed by atoms with Gasteiger partial charge in [0.25, 0.3) is 0 Å². The van der Waals surface area contributed by atoms with Crippen LogP contribution in [0, 0.1) is 5.92 Å². The Labute approximate surface area is 222 Å². The number of piperidine rings is 1. The summed E-state index contributed by atoms with van der Waals surface area (Å²) in [5, 5.41) is 12.6. The minimum Gasteiger partial charge on any atom is -0.375 e. The summed E-state index contributed by atoms with van der Waals surface area (Å²) in [6.07, 6.45) is 3.16. The molecule has 4 N–H and O–H groups in total. The fourth-order valence-corrected chi connectivity index (χ4v) is 7.00. The largest absolute Gasteiger partial charge is 0.375 e. The van der Waals surface area contributed by atoms with Gasteiger partial charge in [-0.15, -0.1) is 0 Å². The van der Waals surface area contributed by atoms with Gasteiger partial charge in [0.15, 0.2) is 5.13 Å². The third-order valence-electron chi connectivity index (χ3n) is 7.19. The van der Waals surface area contributed by atoms with Crippen molar-refractivity contribution < 1.29 is 13.5 Å². The number of likely N-dealkylation sites (tertiary alicyclic amines) is 1. The Balaban J connectivity index is 1.34. The van der Waals surface area contributed by atoms with Crippen molar-refractivity contribution in [1.82, 2.24) is 14.6 Å². The molecule has 4 aromatic rings. The van der Waals surface area contributed by atoms with Crippen LogP contribution in [0.3, 0.4) is 0 Å². The maximum Gasteiger partial charge on any atom is 0.240 e. The van der Waals surface area contributed by atoms with Crippen LogP contribution in [0.25, 0.3) is 10.2 Å². The van der Waals surface area contributed by atoms with E-state index in [1.165, 1.54) is 16.9 Å². The summed E-state index contributed by atoms with van der Waals surface area (Å²) in [4.78, 5) is 6.64. The van der Waals surface area contributed by atoms with Crippen LogP contribution in [-0.2, 0) is 22.2 Å². The second-order valence-electron chi connectivity index (χ2n) is 9.63. The molecule has 1 aliphatic heterocycles. The van der Waals surface area contributed by atoms with Crippen molar-refractivity contribution in [1.29, 1.82) is 0 Å². The molecule has 1 atom stereocenters. The summed E-state index contributed by atoms with van der Waals surface area (Å²) in [7, 11) is -3.67. The topological polar surface area (TPSA) is 109 Å². The van der Waals surface area contributed by atoms with Gasteiger partial charge in [0, 0.05) is 31.6 Å². The van der Waals surface area contributed by atoms with Crippen LogP contribution >= 0.6 is 11.3 Å². The first-order valence-electron chi connectivity index (χ1n) is 12.6. The van der Waals surface area contributed by atoms with Crippen LogP contribution < -0.4 is 10.5 Å². The lowest BCUT2D eigenvalue weighted by atomic mass is 9.87. The molecule has 0 amide bonds. The first-order chi connectivity index (χ1) is 17.8. The first-order valence-corrected chi connectivity index (χ1v) is 14.9. The number of aliphatic hydroxyl groups is 1. The molecule has 1 unspecified atom stereocenters. The number of hydrogen-bond acceptors (Lipinski definition) is 7. The Bertz CT molecular complexity index is 1440. The smallest absolute Gasteiger partial charge is 0.240 e. The van der Waals surface area contributed by atoms with Gasteiger partial charge in [0.2, 0.25) is 10.0 Å². The Morgan fingerprint density at radius 2 is 1.70 bits per heavy atom. The van der Waals surface area contributed by atoms with Gasteiger partial charge in [0.05, 0.1) is 15.1 Å². The minimum atomic E-state index is -3.67. The molecular formula is C28H32N4O3S2. The number of sulfonamides is 1. The van der Waals surface area contributed by atoms with E-state index in [1.54, 1.807) is 30.3 Å². The van der Waals surface area contributed by atoms with Crippen molar-refractivity contribution in [3.63, 3.8) is 0 Å². The molecule has 37 heavy (non-hydrogen) atoms. The lowest BCUT2D eigenvalue weighted by molar-refractivity contribution is -0.132. The molecule has 1 aliphatic rings.